The molecule has 256 valence electrons. The minimum atomic E-state index is 0.00711. The molecule has 9 rings (SSSR count). The second kappa shape index (κ2) is 11.4. The highest BCUT2D eigenvalue weighted by atomic mass is 15.3. The van der Waals surface area contributed by atoms with Gasteiger partial charge in [0.1, 0.15) is 0 Å². The summed E-state index contributed by atoms with van der Waals surface area (Å²) in [4.78, 5) is 5.15. The maximum Gasteiger partial charge on any atom is 0.248 e. The van der Waals surface area contributed by atoms with Crippen LogP contribution in [0.25, 0.3) is 21.5 Å². The molecule has 2 nitrogen and oxygen atoms in total. The molecule has 2 aliphatic rings. The first-order chi connectivity index (χ1) is 24.8. The van der Waals surface area contributed by atoms with Crippen LogP contribution in [0.5, 0.6) is 0 Å². The maximum atomic E-state index is 2.61. The van der Waals surface area contributed by atoms with E-state index < -0.39 is 0 Å². The van der Waals surface area contributed by atoms with Gasteiger partial charge in [-0.3, -0.25) is 0 Å². The summed E-state index contributed by atoms with van der Waals surface area (Å²) in [6.07, 6.45) is 0. The third-order valence-electron chi connectivity index (χ3n) is 11.6. The molecular formula is C49H47BN2. The van der Waals surface area contributed by atoms with Crippen molar-refractivity contribution in [1.29, 1.82) is 0 Å². The zero-order valence-corrected chi connectivity index (χ0v) is 32.0. The molecule has 0 spiro atoms. The topological polar surface area (TPSA) is 6.48 Å². The second-order valence-corrected chi connectivity index (χ2v) is 17.3. The van der Waals surface area contributed by atoms with Crippen molar-refractivity contribution in [2.45, 2.75) is 73.1 Å². The molecule has 0 saturated heterocycles. The molecule has 52 heavy (non-hydrogen) atoms. The van der Waals surface area contributed by atoms with Gasteiger partial charge in [-0.2, -0.15) is 0 Å². The van der Waals surface area contributed by atoms with Gasteiger partial charge in [-0.15, -0.1) is 0 Å². The van der Waals surface area contributed by atoms with Crippen LogP contribution in [0.2, 0.25) is 0 Å². The molecule has 0 aromatic heterocycles. The number of aryl methyl sites for hydroxylation is 3. The van der Waals surface area contributed by atoms with Gasteiger partial charge in [0.25, 0.3) is 0 Å². The molecule has 0 radical (unpaired) electrons. The van der Waals surface area contributed by atoms with E-state index in [1.165, 1.54) is 99.9 Å². The highest BCUT2D eigenvalue weighted by Crippen LogP contribution is 2.56. The monoisotopic (exact) mass is 674 g/mol. The Morgan fingerprint density at radius 1 is 0.462 bits per heavy atom. The van der Waals surface area contributed by atoms with Crippen LogP contribution in [0.4, 0.5) is 34.1 Å². The van der Waals surface area contributed by atoms with Crippen LogP contribution in [0.3, 0.4) is 0 Å². The van der Waals surface area contributed by atoms with Gasteiger partial charge in [-0.25, -0.2) is 0 Å². The molecule has 0 atom stereocenters. The van der Waals surface area contributed by atoms with E-state index in [1.54, 1.807) is 0 Å². The molecule has 7 aromatic rings. The lowest BCUT2D eigenvalue weighted by molar-refractivity contribution is 0.590. The number of rotatable bonds is 2. The second-order valence-electron chi connectivity index (χ2n) is 17.3. The van der Waals surface area contributed by atoms with Gasteiger partial charge in [-0.05, 0) is 112 Å². The van der Waals surface area contributed by atoms with E-state index in [4.69, 9.17) is 0 Å². The van der Waals surface area contributed by atoms with Crippen molar-refractivity contribution in [3.63, 3.8) is 0 Å². The van der Waals surface area contributed by atoms with Gasteiger partial charge in [0.15, 0.2) is 0 Å². The lowest BCUT2D eigenvalue weighted by atomic mass is 9.33. The number of fused-ring (bicyclic) bond motifs is 7. The van der Waals surface area contributed by atoms with E-state index in [1.807, 2.05) is 0 Å². The largest absolute Gasteiger partial charge is 0.307 e. The van der Waals surface area contributed by atoms with Crippen LogP contribution >= 0.6 is 0 Å². The quantitative estimate of drug-likeness (QED) is 0.168. The first-order valence-electron chi connectivity index (χ1n) is 18.8. The van der Waals surface area contributed by atoms with Crippen LogP contribution in [-0.2, 0) is 10.8 Å². The summed E-state index contributed by atoms with van der Waals surface area (Å²) >= 11 is 0. The Labute approximate surface area is 309 Å². The normalized spacial score (nSPS) is 13.8. The van der Waals surface area contributed by atoms with Gasteiger partial charge in [0, 0.05) is 11.4 Å². The average Bonchev–Trinajstić information content (AvgIpc) is 3.10. The van der Waals surface area contributed by atoms with E-state index in [-0.39, 0.29) is 17.5 Å². The summed E-state index contributed by atoms with van der Waals surface area (Å²) in [6, 6.07) is 46.5. The summed E-state index contributed by atoms with van der Waals surface area (Å²) in [5, 5.41) is 5.07. The van der Waals surface area contributed by atoms with E-state index in [2.05, 4.69) is 193 Å². The standard InChI is InChI=1S/C49H47BN2/c1-30-24-31(2)45(32(3)25-30)50-40-29-37(49(7,8)9)20-23-41(40)52-43-27-34-15-11-10-14-33(34)26-42(43)51(38-21-18-36(19-22-38)48(4,5)6)44-28-35-16-12-13-17-39(35)46(50)47(44)52/h10-29H,1-9H3. The van der Waals surface area contributed by atoms with Crippen LogP contribution in [-0.4, -0.2) is 6.71 Å². The Hall–Kier alpha value is -5.28. The molecule has 3 heteroatoms. The molecule has 0 aliphatic carbocycles. The minimum Gasteiger partial charge on any atom is -0.307 e. The number of anilines is 6. The van der Waals surface area contributed by atoms with Gasteiger partial charge >= 0.3 is 0 Å². The van der Waals surface area contributed by atoms with Crippen molar-refractivity contribution in [3.8, 4) is 0 Å². The Bertz CT molecular complexity index is 2560. The SMILES string of the molecule is Cc1cc(C)c(B2c3cc(C(C)(C)C)ccc3N3c4cc5ccccc5cc4N(c4ccc(C(C)(C)C)cc4)c4cc5ccccc5c2c43)c(C)c1. The average molecular weight is 675 g/mol. The fourth-order valence-corrected chi connectivity index (χ4v) is 9.07. The van der Waals surface area contributed by atoms with Crippen LogP contribution in [0, 0.1) is 20.8 Å². The third kappa shape index (κ3) is 4.93. The molecule has 0 saturated carbocycles. The minimum absolute atomic E-state index is 0.00711. The Balaban J connectivity index is 1.46. The summed E-state index contributed by atoms with van der Waals surface area (Å²) < 4.78 is 0. The molecule has 7 aromatic carbocycles. The van der Waals surface area contributed by atoms with Crippen molar-refractivity contribution < 1.29 is 0 Å². The first kappa shape index (κ1) is 32.6. The lowest BCUT2D eigenvalue weighted by Crippen LogP contribution is -2.59. The summed E-state index contributed by atoms with van der Waals surface area (Å²) in [6.45, 7) is 20.8. The van der Waals surface area contributed by atoms with E-state index >= 15 is 0 Å². The van der Waals surface area contributed by atoms with Crippen LogP contribution < -0.4 is 26.2 Å². The predicted octanol–water partition coefficient (Wildman–Crippen LogP) is 11.6. The smallest absolute Gasteiger partial charge is 0.248 e. The zero-order valence-electron chi connectivity index (χ0n) is 32.0. The van der Waals surface area contributed by atoms with Crippen LogP contribution in [0.1, 0.15) is 69.4 Å². The first-order valence-corrected chi connectivity index (χ1v) is 18.8. The molecule has 2 heterocycles. The highest BCUT2D eigenvalue weighted by molar-refractivity contribution is 7.00. The third-order valence-corrected chi connectivity index (χ3v) is 11.6. The maximum absolute atomic E-state index is 2.61. The Morgan fingerprint density at radius 2 is 1.00 bits per heavy atom. The molecule has 0 bridgehead atoms. The molecule has 2 aliphatic heterocycles. The number of hydrogen-bond donors (Lipinski definition) is 0. The molecule has 0 unspecified atom stereocenters. The summed E-state index contributed by atoms with van der Waals surface area (Å²) in [7, 11) is 0. The number of nitrogens with zero attached hydrogens (tertiary/aromatic N) is 2. The van der Waals surface area contributed by atoms with Gasteiger partial charge in [-0.1, -0.05) is 149 Å². The Kier molecular flexibility index (Phi) is 7.13. The van der Waals surface area contributed by atoms with Crippen molar-refractivity contribution in [2.24, 2.45) is 0 Å². The van der Waals surface area contributed by atoms with Crippen LogP contribution in [0.15, 0.2) is 121 Å². The molecular weight excluding hydrogens is 627 g/mol. The van der Waals surface area contributed by atoms with Gasteiger partial charge in [0.2, 0.25) is 6.71 Å². The van der Waals surface area contributed by atoms with E-state index in [0.717, 1.165) is 0 Å². The van der Waals surface area contributed by atoms with Gasteiger partial charge in [0.05, 0.1) is 22.7 Å². The fraction of sp³-hybridized carbons (Fsp3) is 0.224. The predicted molar refractivity (Wildman–Crippen MR) is 227 cm³/mol. The molecule has 0 amide bonds. The summed E-state index contributed by atoms with van der Waals surface area (Å²) in [5.41, 5.74) is 18.3. The van der Waals surface area contributed by atoms with Gasteiger partial charge < -0.3 is 9.80 Å². The molecule has 0 fully saturated rings. The van der Waals surface area contributed by atoms with Crippen molar-refractivity contribution in [2.75, 3.05) is 9.80 Å². The fourth-order valence-electron chi connectivity index (χ4n) is 9.07. The lowest BCUT2D eigenvalue weighted by Gasteiger charge is -2.47. The number of hydrogen-bond acceptors (Lipinski definition) is 2. The van der Waals surface area contributed by atoms with E-state index in [0.29, 0.717) is 0 Å². The summed E-state index contributed by atoms with van der Waals surface area (Å²) in [5.74, 6) is 0. The number of benzene rings is 7. The highest BCUT2D eigenvalue weighted by Gasteiger charge is 2.44. The Morgan fingerprint density at radius 3 is 1.62 bits per heavy atom. The van der Waals surface area contributed by atoms with Crippen molar-refractivity contribution in [1.82, 2.24) is 0 Å². The zero-order chi connectivity index (χ0) is 36.3. The molecule has 0 N–H and O–H groups in total. The van der Waals surface area contributed by atoms with Crippen molar-refractivity contribution in [3.05, 3.63) is 149 Å². The van der Waals surface area contributed by atoms with Crippen molar-refractivity contribution >= 4 is 78.8 Å². The van der Waals surface area contributed by atoms with E-state index in [9.17, 15) is 0 Å².